The average molecular weight is 603 g/mol. The Morgan fingerprint density at radius 1 is 0.575 bits per heavy atom. The summed E-state index contributed by atoms with van der Waals surface area (Å²) in [7, 11) is -9.98. The molecule has 216 valence electrons. The Bertz CT molecular complexity index is 1430. The molecule has 2 rings (SSSR count). The number of aliphatic carboxylic acids is 4. The number of hydrogen-bond acceptors (Lipinski definition) is 10. The molecule has 0 saturated heterocycles. The number of carbonyl (C=O) groups is 4. The molecule has 2 aromatic rings. The zero-order valence-corrected chi connectivity index (χ0v) is 21.7. The van der Waals surface area contributed by atoms with E-state index in [-0.39, 0.29) is 11.1 Å². The molecule has 40 heavy (non-hydrogen) atoms. The molecule has 0 unspecified atom stereocenters. The first kappa shape index (κ1) is 31.7. The maximum atomic E-state index is 12.0. The minimum atomic E-state index is -4.99. The van der Waals surface area contributed by atoms with Crippen molar-refractivity contribution in [1.82, 2.24) is 0 Å². The number of hydrogen-bond donors (Lipinski definition) is 6. The molecule has 0 spiro atoms. The van der Waals surface area contributed by atoms with Crippen molar-refractivity contribution in [2.45, 2.75) is 9.79 Å². The van der Waals surface area contributed by atoms with E-state index < -0.39 is 91.5 Å². The van der Waals surface area contributed by atoms with Crippen molar-refractivity contribution in [3.63, 3.8) is 0 Å². The Balaban J connectivity index is 2.58. The highest BCUT2D eigenvalue weighted by atomic mass is 32.2. The molecule has 0 aliphatic carbocycles. The van der Waals surface area contributed by atoms with Crippen LogP contribution >= 0.6 is 0 Å². The van der Waals surface area contributed by atoms with Gasteiger partial charge in [0.1, 0.15) is 36.0 Å². The maximum Gasteiger partial charge on any atom is 0.323 e. The van der Waals surface area contributed by atoms with Gasteiger partial charge >= 0.3 is 23.9 Å². The number of rotatable bonds is 14. The first-order valence-electron chi connectivity index (χ1n) is 10.7. The van der Waals surface area contributed by atoms with Crippen LogP contribution in [0.1, 0.15) is 11.1 Å². The molecule has 6 N–H and O–H groups in total. The Morgan fingerprint density at radius 3 is 1.07 bits per heavy atom. The molecule has 0 bridgehead atoms. The second-order valence-electron chi connectivity index (χ2n) is 8.02. The summed E-state index contributed by atoms with van der Waals surface area (Å²) in [6.45, 7) is -3.63. The number of nitrogens with zero attached hydrogens (tertiary/aromatic N) is 2. The van der Waals surface area contributed by atoms with E-state index in [0.717, 1.165) is 24.3 Å². The molecule has 0 amide bonds. The first-order chi connectivity index (χ1) is 18.4. The van der Waals surface area contributed by atoms with Gasteiger partial charge < -0.3 is 30.2 Å². The van der Waals surface area contributed by atoms with E-state index >= 15 is 0 Å². The summed E-state index contributed by atoms with van der Waals surface area (Å²) in [5.41, 5.74) is -0.700. The van der Waals surface area contributed by atoms with Gasteiger partial charge in [0.05, 0.1) is 11.4 Å². The zero-order chi connectivity index (χ0) is 30.4. The van der Waals surface area contributed by atoms with Crippen molar-refractivity contribution in [2.24, 2.45) is 0 Å². The van der Waals surface area contributed by atoms with Crippen LogP contribution in [-0.4, -0.2) is 96.4 Å². The highest BCUT2D eigenvalue weighted by Crippen LogP contribution is 2.29. The van der Waals surface area contributed by atoms with Gasteiger partial charge in [-0.15, -0.1) is 0 Å². The van der Waals surface area contributed by atoms with Crippen LogP contribution in [0.25, 0.3) is 12.2 Å². The topological polar surface area (TPSA) is 264 Å². The van der Waals surface area contributed by atoms with Gasteiger partial charge in [0.25, 0.3) is 20.2 Å². The highest BCUT2D eigenvalue weighted by Gasteiger charge is 2.25. The zero-order valence-electron chi connectivity index (χ0n) is 20.1. The summed E-state index contributed by atoms with van der Waals surface area (Å²) >= 11 is 0. The van der Waals surface area contributed by atoms with Crippen LogP contribution in [0.15, 0.2) is 46.2 Å². The van der Waals surface area contributed by atoms with Gasteiger partial charge in [0.2, 0.25) is 0 Å². The fraction of sp³-hybridized carbons (Fsp3) is 0.182. The third-order valence-electron chi connectivity index (χ3n) is 4.98. The van der Waals surface area contributed by atoms with Crippen LogP contribution in [0.5, 0.6) is 0 Å². The summed E-state index contributed by atoms with van der Waals surface area (Å²) in [6.07, 6.45) is 2.46. The summed E-state index contributed by atoms with van der Waals surface area (Å²) in [4.78, 5) is 44.3. The molecular formula is C22H22N2O14S2. The molecule has 0 atom stereocenters. The Labute approximate surface area is 226 Å². The highest BCUT2D eigenvalue weighted by molar-refractivity contribution is 7.86. The Kier molecular flexibility index (Phi) is 9.95. The van der Waals surface area contributed by atoms with Crippen LogP contribution < -0.4 is 9.80 Å². The van der Waals surface area contributed by atoms with Gasteiger partial charge in [-0.05, 0) is 35.4 Å². The lowest BCUT2D eigenvalue weighted by Crippen LogP contribution is -2.35. The van der Waals surface area contributed by atoms with Gasteiger partial charge in [-0.25, -0.2) is 0 Å². The van der Waals surface area contributed by atoms with Crippen molar-refractivity contribution in [2.75, 3.05) is 36.0 Å². The largest absolute Gasteiger partial charge is 0.480 e. The SMILES string of the molecule is O=C(O)CN(CC(=O)O)c1ccc(C=Cc2ccc(N(CC(=O)O)CC(=O)O)c(S(=O)(=O)O)c2)cc1S(=O)(=O)O. The number of benzene rings is 2. The predicted octanol–water partition coefficient (Wildman–Crippen LogP) is 0.302. The predicted molar refractivity (Wildman–Crippen MR) is 136 cm³/mol. The van der Waals surface area contributed by atoms with Crippen LogP contribution in [0.2, 0.25) is 0 Å². The minimum absolute atomic E-state index is 0.0674. The number of anilines is 2. The van der Waals surface area contributed by atoms with Crippen molar-refractivity contribution < 1.29 is 65.5 Å². The molecule has 16 nitrogen and oxygen atoms in total. The third kappa shape index (κ3) is 9.05. The van der Waals surface area contributed by atoms with E-state index in [1.165, 1.54) is 24.3 Å². The molecule has 0 saturated carbocycles. The summed E-state index contributed by atoms with van der Waals surface area (Å²) in [5, 5.41) is 36.2. The first-order valence-corrected chi connectivity index (χ1v) is 13.5. The molecule has 0 aliphatic rings. The van der Waals surface area contributed by atoms with Crippen LogP contribution in [0.4, 0.5) is 11.4 Å². The second kappa shape index (κ2) is 12.6. The quantitative estimate of drug-likeness (QED) is 0.125. The van der Waals surface area contributed by atoms with E-state index in [0.29, 0.717) is 9.80 Å². The van der Waals surface area contributed by atoms with Gasteiger partial charge in [0, 0.05) is 0 Å². The maximum absolute atomic E-state index is 12.0. The van der Waals surface area contributed by atoms with Gasteiger partial charge in [-0.1, -0.05) is 24.3 Å². The lowest BCUT2D eigenvalue weighted by atomic mass is 10.1. The van der Waals surface area contributed by atoms with E-state index in [1.54, 1.807) is 0 Å². The van der Waals surface area contributed by atoms with E-state index in [4.69, 9.17) is 20.4 Å². The molecule has 18 heteroatoms. The van der Waals surface area contributed by atoms with Crippen LogP contribution in [0, 0.1) is 0 Å². The van der Waals surface area contributed by atoms with E-state index in [1.807, 2.05) is 0 Å². The number of carboxylic acids is 4. The van der Waals surface area contributed by atoms with Crippen molar-refractivity contribution in [1.29, 1.82) is 0 Å². The Hall–Kier alpha value is -4.52. The molecule has 0 fully saturated rings. The smallest absolute Gasteiger partial charge is 0.323 e. The molecular weight excluding hydrogens is 580 g/mol. The van der Waals surface area contributed by atoms with Crippen molar-refractivity contribution >= 4 is 67.6 Å². The fourth-order valence-electron chi connectivity index (χ4n) is 3.50. The van der Waals surface area contributed by atoms with Gasteiger partial charge in [-0.3, -0.25) is 28.3 Å². The van der Waals surface area contributed by atoms with Gasteiger partial charge in [0.15, 0.2) is 0 Å². The van der Waals surface area contributed by atoms with Crippen molar-refractivity contribution in [3.05, 3.63) is 47.5 Å². The van der Waals surface area contributed by atoms with E-state index in [9.17, 15) is 45.1 Å². The second-order valence-corrected chi connectivity index (χ2v) is 10.8. The molecule has 0 aliphatic heterocycles. The third-order valence-corrected chi connectivity index (χ3v) is 6.74. The molecule has 0 heterocycles. The molecule has 0 radical (unpaired) electrons. The molecule has 2 aromatic carbocycles. The fourth-order valence-corrected chi connectivity index (χ4v) is 5.00. The normalized spacial score (nSPS) is 11.8. The van der Waals surface area contributed by atoms with Gasteiger partial charge in [-0.2, -0.15) is 16.8 Å². The lowest BCUT2D eigenvalue weighted by molar-refractivity contribution is -0.138. The van der Waals surface area contributed by atoms with E-state index in [2.05, 4.69) is 0 Å². The average Bonchev–Trinajstić information content (AvgIpc) is 2.79. The minimum Gasteiger partial charge on any atom is -0.480 e. The monoisotopic (exact) mass is 602 g/mol. The van der Waals surface area contributed by atoms with Crippen LogP contribution in [-0.2, 0) is 39.4 Å². The summed E-state index contributed by atoms with van der Waals surface area (Å²) in [5.74, 6) is -5.91. The summed E-state index contributed by atoms with van der Waals surface area (Å²) < 4.78 is 67.3. The van der Waals surface area contributed by atoms with Crippen LogP contribution in [0.3, 0.4) is 0 Å². The molecule has 0 aromatic heterocycles. The Morgan fingerprint density at radius 2 is 0.850 bits per heavy atom. The number of carboxylic acid groups (broad SMARTS) is 4. The van der Waals surface area contributed by atoms with Crippen molar-refractivity contribution in [3.8, 4) is 0 Å². The standard InChI is InChI=1S/C22H22N2O14S2/c25-19(26)9-23(10-20(27)28)15-5-3-13(7-17(15)39(33,34)35)1-2-14-4-6-16(18(8-14)40(36,37)38)24(11-21(29)30)12-22(31)32/h1-8H,9-12H2,(H,25,26)(H,27,28)(H,29,30)(H,31,32)(H,33,34,35)(H,36,37,38). The summed E-state index contributed by atoms with van der Waals surface area (Å²) in [6, 6.07) is 6.40. The lowest BCUT2D eigenvalue weighted by Gasteiger charge is -2.23.